The van der Waals surface area contributed by atoms with E-state index in [-0.39, 0.29) is 11.7 Å². The van der Waals surface area contributed by atoms with Crippen LogP contribution < -0.4 is 5.32 Å². The standard InChI is InChI=1S/C10H17NO3S3/c12-9(5-8-6-16-3-4-17-8)11-1-2-15-7-10(13)14/h8H,1-7H2,(H,11,12)(H,13,14). The Morgan fingerprint density at radius 1 is 1.41 bits per heavy atom. The fraction of sp³-hybridized carbons (Fsp3) is 0.800. The zero-order chi connectivity index (χ0) is 12.5. The third kappa shape index (κ3) is 7.83. The number of carbonyl (C=O) groups excluding carboxylic acids is 1. The van der Waals surface area contributed by atoms with Crippen molar-refractivity contribution in [3.05, 3.63) is 0 Å². The second-order valence-corrected chi connectivity index (χ2v) is 7.23. The molecule has 1 atom stereocenters. The highest BCUT2D eigenvalue weighted by atomic mass is 32.2. The highest BCUT2D eigenvalue weighted by molar-refractivity contribution is 8.06. The summed E-state index contributed by atoms with van der Waals surface area (Å²) in [5, 5.41) is 11.7. The summed E-state index contributed by atoms with van der Waals surface area (Å²) in [6.07, 6.45) is 0.585. The van der Waals surface area contributed by atoms with E-state index in [1.807, 2.05) is 23.5 Å². The molecule has 0 aliphatic carbocycles. The fourth-order valence-electron chi connectivity index (χ4n) is 1.36. The van der Waals surface area contributed by atoms with Crippen LogP contribution in [0.2, 0.25) is 0 Å². The molecule has 2 N–H and O–H groups in total. The minimum atomic E-state index is -0.808. The summed E-state index contributed by atoms with van der Waals surface area (Å²) in [6.45, 7) is 0.557. The van der Waals surface area contributed by atoms with Crippen molar-refractivity contribution in [2.45, 2.75) is 11.7 Å². The van der Waals surface area contributed by atoms with Crippen molar-refractivity contribution in [1.82, 2.24) is 5.32 Å². The second-order valence-electron chi connectivity index (χ2n) is 3.57. The largest absolute Gasteiger partial charge is 0.481 e. The van der Waals surface area contributed by atoms with Gasteiger partial charge in [0, 0.05) is 41.2 Å². The van der Waals surface area contributed by atoms with E-state index in [1.54, 1.807) is 0 Å². The maximum Gasteiger partial charge on any atom is 0.313 e. The SMILES string of the molecule is O=C(O)CSCCNC(=O)CC1CSCCS1. The first-order chi connectivity index (χ1) is 8.18. The molecule has 98 valence electrons. The lowest BCUT2D eigenvalue weighted by Gasteiger charge is -2.20. The molecule has 1 heterocycles. The molecule has 0 aromatic heterocycles. The van der Waals surface area contributed by atoms with Crippen molar-refractivity contribution < 1.29 is 14.7 Å². The maximum atomic E-state index is 11.5. The van der Waals surface area contributed by atoms with Crippen LogP contribution in [0, 0.1) is 0 Å². The lowest BCUT2D eigenvalue weighted by molar-refractivity contribution is -0.133. The highest BCUT2D eigenvalue weighted by Crippen LogP contribution is 2.25. The molecule has 7 heteroatoms. The Labute approximate surface area is 114 Å². The van der Waals surface area contributed by atoms with E-state index in [0.29, 0.717) is 24.0 Å². The van der Waals surface area contributed by atoms with E-state index >= 15 is 0 Å². The number of aliphatic carboxylic acids is 1. The van der Waals surface area contributed by atoms with Gasteiger partial charge in [0.2, 0.25) is 5.91 Å². The van der Waals surface area contributed by atoms with Gasteiger partial charge >= 0.3 is 5.97 Å². The lowest BCUT2D eigenvalue weighted by atomic mass is 10.3. The minimum absolute atomic E-state index is 0.0842. The van der Waals surface area contributed by atoms with E-state index < -0.39 is 5.97 Å². The number of hydrogen-bond donors (Lipinski definition) is 2. The Kier molecular flexibility index (Phi) is 7.96. The second kappa shape index (κ2) is 8.99. The molecule has 4 nitrogen and oxygen atoms in total. The Morgan fingerprint density at radius 3 is 2.88 bits per heavy atom. The lowest BCUT2D eigenvalue weighted by Crippen LogP contribution is -2.30. The number of carbonyl (C=O) groups is 2. The average Bonchev–Trinajstić information content (AvgIpc) is 2.29. The van der Waals surface area contributed by atoms with Crippen LogP contribution in [0.5, 0.6) is 0 Å². The first-order valence-electron chi connectivity index (χ1n) is 5.44. The zero-order valence-electron chi connectivity index (χ0n) is 9.52. The van der Waals surface area contributed by atoms with Crippen molar-refractivity contribution >= 4 is 47.2 Å². The zero-order valence-corrected chi connectivity index (χ0v) is 12.0. The molecule has 0 aromatic rings. The maximum absolute atomic E-state index is 11.5. The fourth-order valence-corrected chi connectivity index (χ4v) is 4.60. The smallest absolute Gasteiger partial charge is 0.313 e. The van der Waals surface area contributed by atoms with Crippen LogP contribution in [-0.2, 0) is 9.59 Å². The Morgan fingerprint density at radius 2 is 2.24 bits per heavy atom. The minimum Gasteiger partial charge on any atom is -0.481 e. The van der Waals surface area contributed by atoms with Gasteiger partial charge in [-0.3, -0.25) is 9.59 Å². The third-order valence-electron chi connectivity index (χ3n) is 2.09. The van der Waals surface area contributed by atoms with Gasteiger partial charge in [0.1, 0.15) is 0 Å². The van der Waals surface area contributed by atoms with Gasteiger partial charge < -0.3 is 10.4 Å². The number of amides is 1. The van der Waals surface area contributed by atoms with Gasteiger partial charge in [0.05, 0.1) is 5.75 Å². The van der Waals surface area contributed by atoms with Crippen molar-refractivity contribution in [3.8, 4) is 0 Å². The van der Waals surface area contributed by atoms with Crippen LogP contribution in [-0.4, -0.2) is 57.5 Å². The predicted molar refractivity (Wildman–Crippen MR) is 76.2 cm³/mol. The first kappa shape index (κ1) is 15.0. The molecular weight excluding hydrogens is 278 g/mol. The molecule has 1 aliphatic rings. The third-order valence-corrected chi connectivity index (χ3v) is 5.88. The van der Waals surface area contributed by atoms with Crippen molar-refractivity contribution in [2.75, 3.05) is 35.3 Å². The summed E-state index contributed by atoms with van der Waals surface area (Å²) in [4.78, 5) is 21.8. The van der Waals surface area contributed by atoms with E-state index in [9.17, 15) is 9.59 Å². The summed E-state index contributed by atoms with van der Waals surface area (Å²) < 4.78 is 0. The van der Waals surface area contributed by atoms with Gasteiger partial charge in [0.15, 0.2) is 0 Å². The molecule has 17 heavy (non-hydrogen) atoms. The average molecular weight is 295 g/mol. The van der Waals surface area contributed by atoms with Gasteiger partial charge in [-0.25, -0.2) is 0 Å². The Hall–Kier alpha value is -0.0100. The van der Waals surface area contributed by atoms with Crippen molar-refractivity contribution in [1.29, 1.82) is 0 Å². The van der Waals surface area contributed by atoms with Crippen LogP contribution in [0.15, 0.2) is 0 Å². The van der Waals surface area contributed by atoms with Gasteiger partial charge in [-0.15, -0.1) is 11.8 Å². The van der Waals surface area contributed by atoms with E-state index in [0.717, 1.165) is 11.5 Å². The molecule has 1 saturated heterocycles. The monoisotopic (exact) mass is 295 g/mol. The molecule has 1 unspecified atom stereocenters. The molecule has 1 aliphatic heterocycles. The number of thioether (sulfide) groups is 3. The van der Waals surface area contributed by atoms with E-state index in [2.05, 4.69) is 5.32 Å². The van der Waals surface area contributed by atoms with E-state index in [1.165, 1.54) is 17.5 Å². The molecule has 0 spiro atoms. The quantitative estimate of drug-likeness (QED) is 0.687. The molecule has 0 radical (unpaired) electrons. The number of carboxylic acid groups (broad SMARTS) is 1. The highest BCUT2D eigenvalue weighted by Gasteiger charge is 2.17. The Bertz CT molecular complexity index is 257. The normalized spacial score (nSPS) is 19.9. The summed E-state index contributed by atoms with van der Waals surface area (Å²) in [7, 11) is 0. The van der Waals surface area contributed by atoms with Gasteiger partial charge in [-0.05, 0) is 0 Å². The van der Waals surface area contributed by atoms with Crippen LogP contribution in [0.3, 0.4) is 0 Å². The number of carboxylic acids is 1. The van der Waals surface area contributed by atoms with Crippen LogP contribution in [0.4, 0.5) is 0 Å². The van der Waals surface area contributed by atoms with Crippen LogP contribution >= 0.6 is 35.3 Å². The van der Waals surface area contributed by atoms with Gasteiger partial charge in [-0.1, -0.05) is 0 Å². The molecule has 1 amide bonds. The number of nitrogens with one attached hydrogen (secondary N) is 1. The summed E-state index contributed by atoms with van der Waals surface area (Å²) in [6, 6.07) is 0. The number of hydrogen-bond acceptors (Lipinski definition) is 5. The molecule has 1 fully saturated rings. The van der Waals surface area contributed by atoms with Gasteiger partial charge in [0.25, 0.3) is 0 Å². The summed E-state index contributed by atoms with van der Waals surface area (Å²) >= 11 is 5.11. The van der Waals surface area contributed by atoms with Gasteiger partial charge in [-0.2, -0.15) is 23.5 Å². The molecular formula is C10H17NO3S3. The first-order valence-corrected chi connectivity index (χ1v) is 8.80. The van der Waals surface area contributed by atoms with Crippen LogP contribution in [0.1, 0.15) is 6.42 Å². The molecule has 0 aromatic carbocycles. The topological polar surface area (TPSA) is 66.4 Å². The molecule has 0 bridgehead atoms. The van der Waals surface area contributed by atoms with Crippen molar-refractivity contribution in [3.63, 3.8) is 0 Å². The summed E-state index contributed by atoms with van der Waals surface area (Å²) in [5.41, 5.74) is 0. The number of rotatable bonds is 7. The Balaban J connectivity index is 1.98. The van der Waals surface area contributed by atoms with Crippen LogP contribution in [0.25, 0.3) is 0 Å². The summed E-state index contributed by atoms with van der Waals surface area (Å²) in [5.74, 6) is 3.42. The van der Waals surface area contributed by atoms with E-state index in [4.69, 9.17) is 5.11 Å². The predicted octanol–water partition coefficient (Wildman–Crippen LogP) is 1.16. The molecule has 1 rings (SSSR count). The molecule has 0 saturated carbocycles. The van der Waals surface area contributed by atoms with Crippen molar-refractivity contribution in [2.24, 2.45) is 0 Å².